The molecule has 5 nitrogen and oxygen atoms in total. The van der Waals surface area contributed by atoms with Gasteiger partial charge in [0.1, 0.15) is 11.9 Å². The van der Waals surface area contributed by atoms with E-state index in [-0.39, 0.29) is 0 Å². The average molecular weight is 219 g/mol. The van der Waals surface area contributed by atoms with E-state index in [1.165, 1.54) is 0 Å². The zero-order valence-electron chi connectivity index (χ0n) is 7.35. The number of rotatable bonds is 3. The van der Waals surface area contributed by atoms with Gasteiger partial charge in [0.25, 0.3) is 0 Å². The van der Waals surface area contributed by atoms with Gasteiger partial charge in [0, 0.05) is 5.56 Å². The highest BCUT2D eigenvalue weighted by Gasteiger charge is 2.21. The molecule has 0 aliphatic carbocycles. The normalized spacial score (nSPS) is 12.5. The van der Waals surface area contributed by atoms with E-state index in [1.54, 1.807) is 0 Å². The molecule has 1 aromatic carbocycles. The van der Waals surface area contributed by atoms with Crippen LogP contribution in [0.3, 0.4) is 0 Å². The van der Waals surface area contributed by atoms with E-state index in [0.717, 1.165) is 0 Å². The van der Waals surface area contributed by atoms with Crippen molar-refractivity contribution in [1.82, 2.24) is 0 Å². The molecule has 0 fully saturated rings. The van der Waals surface area contributed by atoms with Gasteiger partial charge in [0.15, 0.2) is 0 Å². The second-order valence-electron chi connectivity index (χ2n) is 2.78. The van der Waals surface area contributed by atoms with Gasteiger partial charge in [-0.15, -0.1) is 0 Å². The number of nitro benzene ring substituents is 1. The van der Waals surface area contributed by atoms with Crippen LogP contribution in [-0.2, 0) is 0 Å². The first-order chi connectivity index (χ1) is 6.97. The highest BCUT2D eigenvalue weighted by atomic mass is 19.1. The molecule has 0 amide bonds. The number of nitrogens with zero attached hydrogens (tertiary/aromatic N) is 1. The molecule has 0 saturated heterocycles. The molecule has 1 atom stereocenters. The number of nitro groups is 1. The zero-order valence-corrected chi connectivity index (χ0v) is 7.35. The summed E-state index contributed by atoms with van der Waals surface area (Å²) in [5.74, 6) is -2.39. The van der Waals surface area contributed by atoms with E-state index in [4.69, 9.17) is 10.2 Å². The largest absolute Gasteiger partial charge is 0.393 e. The predicted molar refractivity (Wildman–Crippen MR) is 45.1 cm³/mol. The second kappa shape index (κ2) is 4.28. The van der Waals surface area contributed by atoms with Crippen LogP contribution in [-0.4, -0.2) is 21.7 Å². The summed E-state index contributed by atoms with van der Waals surface area (Å²) >= 11 is 0. The third kappa shape index (κ3) is 2.25. The van der Waals surface area contributed by atoms with Gasteiger partial charge in [-0.2, -0.15) is 4.39 Å². The standard InChI is InChI=1S/C8H7F2NO4/c9-5-2-7(11(14)15)6(10)1-4(5)8(13)3-12/h1-2,8,12-13H,3H2. The smallest absolute Gasteiger partial charge is 0.307 e. The summed E-state index contributed by atoms with van der Waals surface area (Å²) in [4.78, 5) is 9.14. The number of halogens is 2. The van der Waals surface area contributed by atoms with Crippen molar-refractivity contribution in [2.45, 2.75) is 6.10 Å². The van der Waals surface area contributed by atoms with Gasteiger partial charge in [0.2, 0.25) is 5.82 Å². The van der Waals surface area contributed by atoms with E-state index < -0.39 is 40.5 Å². The van der Waals surface area contributed by atoms with Gasteiger partial charge < -0.3 is 10.2 Å². The number of aliphatic hydroxyl groups excluding tert-OH is 2. The van der Waals surface area contributed by atoms with Crippen LogP contribution in [0.5, 0.6) is 0 Å². The second-order valence-corrected chi connectivity index (χ2v) is 2.78. The molecule has 7 heteroatoms. The minimum absolute atomic E-state index is 0.365. The fourth-order valence-corrected chi connectivity index (χ4v) is 1.05. The van der Waals surface area contributed by atoms with Crippen LogP contribution in [0, 0.1) is 21.7 Å². The summed E-state index contributed by atoms with van der Waals surface area (Å²) in [6.07, 6.45) is -1.60. The van der Waals surface area contributed by atoms with Crippen LogP contribution in [0.1, 0.15) is 11.7 Å². The Morgan fingerprint density at radius 1 is 1.40 bits per heavy atom. The molecule has 1 rings (SSSR count). The minimum atomic E-state index is -1.60. The maximum Gasteiger partial charge on any atom is 0.307 e. The van der Waals surface area contributed by atoms with Crippen molar-refractivity contribution in [2.24, 2.45) is 0 Å². The highest BCUT2D eigenvalue weighted by molar-refractivity contribution is 5.37. The molecule has 0 spiro atoms. The van der Waals surface area contributed by atoms with Crippen molar-refractivity contribution in [2.75, 3.05) is 6.61 Å². The highest BCUT2D eigenvalue weighted by Crippen LogP contribution is 2.25. The Hall–Kier alpha value is -1.60. The van der Waals surface area contributed by atoms with Crippen molar-refractivity contribution < 1.29 is 23.9 Å². The Balaban J connectivity index is 3.25. The average Bonchev–Trinajstić information content (AvgIpc) is 2.19. The lowest BCUT2D eigenvalue weighted by Crippen LogP contribution is -2.07. The van der Waals surface area contributed by atoms with Gasteiger partial charge in [-0.25, -0.2) is 4.39 Å². The Morgan fingerprint density at radius 3 is 2.47 bits per heavy atom. The van der Waals surface area contributed by atoms with Crippen LogP contribution in [0.15, 0.2) is 12.1 Å². The minimum Gasteiger partial charge on any atom is -0.393 e. The summed E-state index contributed by atoms with van der Waals surface area (Å²) in [6, 6.07) is 0.859. The SMILES string of the molecule is O=[N+]([O-])c1cc(F)c(C(O)CO)cc1F. The molecule has 0 heterocycles. The lowest BCUT2D eigenvalue weighted by Gasteiger charge is -2.08. The molecule has 0 aliphatic heterocycles. The van der Waals surface area contributed by atoms with E-state index in [0.29, 0.717) is 12.1 Å². The first kappa shape index (κ1) is 11.5. The number of hydrogen-bond donors (Lipinski definition) is 2. The molecule has 82 valence electrons. The molecule has 0 saturated carbocycles. The summed E-state index contributed by atoms with van der Waals surface area (Å²) in [6.45, 7) is -0.797. The van der Waals surface area contributed by atoms with Crippen molar-refractivity contribution in [3.05, 3.63) is 39.4 Å². The predicted octanol–water partition coefficient (Wildman–Crippen LogP) is 0.899. The fraction of sp³-hybridized carbons (Fsp3) is 0.250. The van der Waals surface area contributed by atoms with Crippen molar-refractivity contribution in [3.63, 3.8) is 0 Å². The topological polar surface area (TPSA) is 83.6 Å². The first-order valence-corrected chi connectivity index (χ1v) is 3.89. The van der Waals surface area contributed by atoms with Gasteiger partial charge in [-0.05, 0) is 6.07 Å². The molecular weight excluding hydrogens is 212 g/mol. The van der Waals surface area contributed by atoms with Crippen LogP contribution < -0.4 is 0 Å². The lowest BCUT2D eigenvalue weighted by molar-refractivity contribution is -0.387. The maximum absolute atomic E-state index is 13.1. The molecular formula is C8H7F2NO4. The zero-order chi connectivity index (χ0) is 11.6. The van der Waals surface area contributed by atoms with Gasteiger partial charge in [-0.3, -0.25) is 10.1 Å². The first-order valence-electron chi connectivity index (χ1n) is 3.89. The molecule has 0 aromatic heterocycles. The van der Waals surface area contributed by atoms with Crippen LogP contribution >= 0.6 is 0 Å². The van der Waals surface area contributed by atoms with Gasteiger partial charge in [0.05, 0.1) is 17.6 Å². The Labute approximate surface area is 82.7 Å². The number of benzene rings is 1. The molecule has 0 radical (unpaired) electrons. The van der Waals surface area contributed by atoms with Gasteiger partial charge in [-0.1, -0.05) is 0 Å². The monoisotopic (exact) mass is 219 g/mol. The molecule has 2 N–H and O–H groups in total. The van der Waals surface area contributed by atoms with Crippen LogP contribution in [0.4, 0.5) is 14.5 Å². The van der Waals surface area contributed by atoms with Crippen LogP contribution in [0.25, 0.3) is 0 Å². The molecule has 1 aromatic rings. The molecule has 0 bridgehead atoms. The summed E-state index contributed by atoms with van der Waals surface area (Å²) < 4.78 is 26.1. The lowest BCUT2D eigenvalue weighted by atomic mass is 10.1. The third-order valence-corrected chi connectivity index (χ3v) is 1.79. The quantitative estimate of drug-likeness (QED) is 0.584. The molecule has 15 heavy (non-hydrogen) atoms. The fourth-order valence-electron chi connectivity index (χ4n) is 1.05. The summed E-state index contributed by atoms with van der Waals surface area (Å²) in [5.41, 5.74) is -1.53. The van der Waals surface area contributed by atoms with E-state index in [1.807, 2.05) is 0 Å². The Bertz CT molecular complexity index is 396. The van der Waals surface area contributed by atoms with Crippen LogP contribution in [0.2, 0.25) is 0 Å². The Morgan fingerprint density at radius 2 is 2.00 bits per heavy atom. The number of hydrogen-bond acceptors (Lipinski definition) is 4. The van der Waals surface area contributed by atoms with E-state index in [9.17, 15) is 18.9 Å². The van der Waals surface area contributed by atoms with Crippen molar-refractivity contribution in [1.29, 1.82) is 0 Å². The summed E-state index contributed by atoms with van der Waals surface area (Å²) in [7, 11) is 0. The van der Waals surface area contributed by atoms with Crippen molar-refractivity contribution >= 4 is 5.69 Å². The molecule has 0 aliphatic rings. The maximum atomic E-state index is 13.1. The molecule has 1 unspecified atom stereocenters. The Kier molecular flexibility index (Phi) is 3.28. The number of aliphatic hydroxyl groups is 2. The van der Waals surface area contributed by atoms with E-state index in [2.05, 4.69) is 0 Å². The van der Waals surface area contributed by atoms with Gasteiger partial charge >= 0.3 is 5.69 Å². The van der Waals surface area contributed by atoms with E-state index >= 15 is 0 Å². The van der Waals surface area contributed by atoms with Crippen molar-refractivity contribution in [3.8, 4) is 0 Å². The third-order valence-electron chi connectivity index (χ3n) is 1.79. The summed E-state index contributed by atoms with van der Waals surface area (Å²) in [5, 5.41) is 27.8.